The largest absolute Gasteiger partial charge is 0.352 e. The van der Waals surface area contributed by atoms with Crippen molar-refractivity contribution in [2.45, 2.75) is 53.0 Å². The number of nitrogens with one attached hydrogen (secondary N) is 1. The Morgan fingerprint density at radius 3 is 2.78 bits per heavy atom. The van der Waals surface area contributed by atoms with Gasteiger partial charge in [-0.15, -0.1) is 11.3 Å². The number of carbonyl (C=O) groups is 2. The van der Waals surface area contributed by atoms with E-state index in [1.165, 1.54) is 22.5 Å². The maximum absolute atomic E-state index is 13.1. The van der Waals surface area contributed by atoms with Gasteiger partial charge in [-0.3, -0.25) is 9.59 Å². The lowest BCUT2D eigenvalue weighted by Crippen LogP contribution is -2.49. The molecule has 0 spiro atoms. The predicted molar refractivity (Wildman–Crippen MR) is 109 cm³/mol. The van der Waals surface area contributed by atoms with Crippen molar-refractivity contribution in [3.63, 3.8) is 0 Å². The van der Waals surface area contributed by atoms with E-state index in [0.717, 1.165) is 35.7 Å². The number of aromatic nitrogens is 1. The average molecular weight is 386 g/mol. The minimum atomic E-state index is 0.0245. The van der Waals surface area contributed by atoms with Gasteiger partial charge in [0.2, 0.25) is 5.91 Å². The van der Waals surface area contributed by atoms with E-state index in [9.17, 15) is 9.59 Å². The third kappa shape index (κ3) is 4.38. The Morgan fingerprint density at radius 2 is 2.07 bits per heavy atom. The number of benzene rings is 1. The normalized spacial score (nSPS) is 17.0. The molecule has 1 aliphatic heterocycles. The Hall–Kier alpha value is -2.21. The first-order valence-electron chi connectivity index (χ1n) is 9.52. The van der Waals surface area contributed by atoms with E-state index in [0.29, 0.717) is 17.8 Å². The van der Waals surface area contributed by atoms with Gasteiger partial charge in [0.1, 0.15) is 9.88 Å². The smallest absolute Gasteiger partial charge is 0.265 e. The van der Waals surface area contributed by atoms with Crippen LogP contribution in [-0.4, -0.2) is 40.8 Å². The van der Waals surface area contributed by atoms with Crippen LogP contribution in [0.4, 0.5) is 0 Å². The summed E-state index contributed by atoms with van der Waals surface area (Å²) in [4.78, 5) is 32.0. The SMILES string of the molecule is CCC(=O)NC1CCCN(C(=O)c2sc(-c3ccc(C)cc3C)nc2C)C1. The van der Waals surface area contributed by atoms with Crippen LogP contribution in [0.2, 0.25) is 0 Å². The van der Waals surface area contributed by atoms with Gasteiger partial charge in [-0.05, 0) is 39.2 Å². The number of likely N-dealkylation sites (tertiary alicyclic amines) is 1. The molecule has 5 nitrogen and oxygen atoms in total. The molecule has 2 heterocycles. The number of carbonyl (C=O) groups excluding carboxylic acids is 2. The molecule has 1 fully saturated rings. The quantitative estimate of drug-likeness (QED) is 0.869. The number of rotatable bonds is 4. The zero-order valence-corrected chi connectivity index (χ0v) is 17.3. The fourth-order valence-electron chi connectivity index (χ4n) is 3.52. The van der Waals surface area contributed by atoms with Crippen molar-refractivity contribution in [2.75, 3.05) is 13.1 Å². The molecule has 0 radical (unpaired) electrons. The van der Waals surface area contributed by atoms with Crippen molar-refractivity contribution >= 4 is 23.2 Å². The average Bonchev–Trinajstić information content (AvgIpc) is 3.02. The van der Waals surface area contributed by atoms with E-state index in [2.05, 4.69) is 42.3 Å². The van der Waals surface area contributed by atoms with Gasteiger partial charge in [0.25, 0.3) is 5.91 Å². The number of aryl methyl sites for hydroxylation is 3. The van der Waals surface area contributed by atoms with Crippen molar-refractivity contribution in [2.24, 2.45) is 0 Å². The molecule has 1 aromatic heterocycles. The summed E-state index contributed by atoms with van der Waals surface area (Å²) in [6, 6.07) is 6.34. The molecule has 0 bridgehead atoms. The number of amides is 2. The zero-order chi connectivity index (χ0) is 19.6. The predicted octanol–water partition coefficient (Wildman–Crippen LogP) is 3.87. The number of hydrogen-bond donors (Lipinski definition) is 1. The highest BCUT2D eigenvalue weighted by molar-refractivity contribution is 7.17. The molecule has 1 aromatic carbocycles. The molecule has 2 amide bonds. The van der Waals surface area contributed by atoms with Gasteiger partial charge >= 0.3 is 0 Å². The molecule has 1 aliphatic rings. The topological polar surface area (TPSA) is 62.3 Å². The van der Waals surface area contributed by atoms with Crippen LogP contribution in [0.15, 0.2) is 18.2 Å². The van der Waals surface area contributed by atoms with Gasteiger partial charge in [-0.1, -0.05) is 30.7 Å². The standard InChI is InChI=1S/C21H27N3O2S/c1-5-18(25)23-16-7-6-10-24(12-16)21(26)19-15(4)22-20(27-19)17-9-8-13(2)11-14(17)3/h8-9,11,16H,5-7,10,12H2,1-4H3,(H,23,25). The van der Waals surface area contributed by atoms with Crippen LogP contribution in [-0.2, 0) is 4.79 Å². The Bertz CT molecular complexity index is 859. The van der Waals surface area contributed by atoms with Gasteiger partial charge < -0.3 is 10.2 Å². The molecule has 1 N–H and O–H groups in total. The minimum Gasteiger partial charge on any atom is -0.352 e. The molecule has 1 saturated heterocycles. The van der Waals surface area contributed by atoms with Crippen molar-refractivity contribution in [1.29, 1.82) is 0 Å². The van der Waals surface area contributed by atoms with Crippen LogP contribution in [0.25, 0.3) is 10.6 Å². The van der Waals surface area contributed by atoms with E-state index in [1.54, 1.807) is 0 Å². The van der Waals surface area contributed by atoms with E-state index in [-0.39, 0.29) is 17.9 Å². The summed E-state index contributed by atoms with van der Waals surface area (Å²) in [5, 5.41) is 3.91. The first kappa shape index (κ1) is 19.5. The van der Waals surface area contributed by atoms with Gasteiger partial charge in [-0.2, -0.15) is 0 Å². The molecule has 3 rings (SSSR count). The van der Waals surface area contributed by atoms with E-state index in [1.807, 2.05) is 18.7 Å². The molecule has 2 aromatic rings. The van der Waals surface area contributed by atoms with E-state index in [4.69, 9.17) is 0 Å². The summed E-state index contributed by atoms with van der Waals surface area (Å²) < 4.78 is 0. The van der Waals surface area contributed by atoms with Crippen LogP contribution < -0.4 is 5.32 Å². The van der Waals surface area contributed by atoms with E-state index < -0.39 is 0 Å². The van der Waals surface area contributed by atoms with Crippen molar-refractivity contribution < 1.29 is 9.59 Å². The lowest BCUT2D eigenvalue weighted by atomic mass is 10.1. The molecular formula is C21H27N3O2S. The minimum absolute atomic E-state index is 0.0245. The Balaban J connectivity index is 1.79. The number of hydrogen-bond acceptors (Lipinski definition) is 4. The van der Waals surface area contributed by atoms with Crippen molar-refractivity contribution in [1.82, 2.24) is 15.2 Å². The third-order valence-corrected chi connectivity index (χ3v) is 6.18. The fraction of sp³-hybridized carbons (Fsp3) is 0.476. The molecule has 6 heteroatoms. The van der Waals surface area contributed by atoms with Gasteiger partial charge in [0.05, 0.1) is 5.69 Å². The highest BCUT2D eigenvalue weighted by Gasteiger charge is 2.28. The fourth-order valence-corrected chi connectivity index (χ4v) is 4.64. The molecular weight excluding hydrogens is 358 g/mol. The lowest BCUT2D eigenvalue weighted by molar-refractivity contribution is -0.121. The number of piperidine rings is 1. The van der Waals surface area contributed by atoms with Gasteiger partial charge in [0, 0.05) is 31.1 Å². The zero-order valence-electron chi connectivity index (χ0n) is 16.5. The van der Waals surface area contributed by atoms with Crippen LogP contribution in [0.3, 0.4) is 0 Å². The monoisotopic (exact) mass is 385 g/mol. The first-order valence-corrected chi connectivity index (χ1v) is 10.3. The third-order valence-electron chi connectivity index (χ3n) is 5.00. The van der Waals surface area contributed by atoms with Gasteiger partial charge in [0.15, 0.2) is 0 Å². The summed E-state index contributed by atoms with van der Waals surface area (Å²) in [5.41, 5.74) is 4.25. The second kappa shape index (κ2) is 8.21. The number of nitrogens with zero attached hydrogens (tertiary/aromatic N) is 2. The highest BCUT2D eigenvalue weighted by atomic mass is 32.1. The molecule has 1 unspecified atom stereocenters. The van der Waals surface area contributed by atoms with Crippen LogP contribution in [0.1, 0.15) is 52.7 Å². The summed E-state index contributed by atoms with van der Waals surface area (Å²) >= 11 is 1.46. The maximum Gasteiger partial charge on any atom is 0.265 e. The Kier molecular flexibility index (Phi) is 5.95. The molecule has 27 heavy (non-hydrogen) atoms. The van der Waals surface area contributed by atoms with Crippen LogP contribution >= 0.6 is 11.3 Å². The van der Waals surface area contributed by atoms with Crippen molar-refractivity contribution in [3.8, 4) is 10.6 Å². The van der Waals surface area contributed by atoms with E-state index >= 15 is 0 Å². The second-order valence-electron chi connectivity index (χ2n) is 7.26. The highest BCUT2D eigenvalue weighted by Crippen LogP contribution is 2.31. The molecule has 0 aliphatic carbocycles. The molecule has 144 valence electrons. The lowest BCUT2D eigenvalue weighted by Gasteiger charge is -2.33. The van der Waals surface area contributed by atoms with Crippen LogP contribution in [0, 0.1) is 20.8 Å². The Labute approximate surface area is 164 Å². The van der Waals surface area contributed by atoms with Gasteiger partial charge in [-0.25, -0.2) is 4.98 Å². The summed E-state index contributed by atoms with van der Waals surface area (Å²) in [7, 11) is 0. The number of thiazole rings is 1. The van der Waals surface area contributed by atoms with Crippen molar-refractivity contribution in [3.05, 3.63) is 39.9 Å². The summed E-state index contributed by atoms with van der Waals surface area (Å²) in [6.45, 7) is 9.19. The molecule has 0 saturated carbocycles. The first-order chi connectivity index (χ1) is 12.9. The van der Waals surface area contributed by atoms with Crippen LogP contribution in [0.5, 0.6) is 0 Å². The second-order valence-corrected chi connectivity index (χ2v) is 8.26. The summed E-state index contributed by atoms with van der Waals surface area (Å²) in [5.74, 6) is 0.0665. The summed E-state index contributed by atoms with van der Waals surface area (Å²) in [6.07, 6.45) is 2.30. The molecule has 1 atom stereocenters. The Morgan fingerprint density at radius 1 is 1.30 bits per heavy atom. The maximum atomic E-state index is 13.1.